The number of terminal acetylenes is 1. The van der Waals surface area contributed by atoms with Crippen molar-refractivity contribution in [3.63, 3.8) is 0 Å². The molecule has 1 heterocycles. The summed E-state index contributed by atoms with van der Waals surface area (Å²) >= 11 is 0. The Hall–Kier alpha value is -1.29. The van der Waals surface area contributed by atoms with E-state index in [1.54, 1.807) is 0 Å². The fraction of sp³-hybridized carbons (Fsp3) is 0.588. The third-order valence-corrected chi connectivity index (χ3v) is 3.29. The highest BCUT2D eigenvalue weighted by atomic mass is 14.7. The molecule has 0 spiro atoms. The fourth-order valence-electron chi connectivity index (χ4n) is 2.12. The predicted molar refractivity (Wildman–Crippen MR) is 78.5 cm³/mol. The van der Waals surface area contributed by atoms with Gasteiger partial charge in [-0.25, -0.2) is 4.98 Å². The molecule has 98 valence electrons. The molecular formula is C17H25N. The van der Waals surface area contributed by atoms with E-state index in [2.05, 4.69) is 23.9 Å². The Morgan fingerprint density at radius 1 is 1.00 bits per heavy atom. The van der Waals surface area contributed by atoms with E-state index in [1.807, 2.05) is 12.3 Å². The van der Waals surface area contributed by atoms with Crippen LogP contribution in [0.4, 0.5) is 0 Å². The monoisotopic (exact) mass is 243 g/mol. The van der Waals surface area contributed by atoms with Crippen LogP contribution in [0.5, 0.6) is 0 Å². The minimum atomic E-state index is 0.731. The number of hydrogen-bond acceptors (Lipinski definition) is 1. The summed E-state index contributed by atoms with van der Waals surface area (Å²) in [7, 11) is 0. The largest absolute Gasteiger partial charge is 0.248 e. The second kappa shape index (κ2) is 9.71. The van der Waals surface area contributed by atoms with E-state index in [9.17, 15) is 0 Å². The van der Waals surface area contributed by atoms with Gasteiger partial charge in [0, 0.05) is 6.20 Å². The van der Waals surface area contributed by atoms with Crippen LogP contribution >= 0.6 is 0 Å². The van der Waals surface area contributed by atoms with Crippen molar-refractivity contribution >= 4 is 0 Å². The lowest BCUT2D eigenvalue weighted by atomic mass is 10.0. The molecule has 0 saturated carbocycles. The second-order valence-electron chi connectivity index (χ2n) is 4.92. The summed E-state index contributed by atoms with van der Waals surface area (Å²) in [5.41, 5.74) is 2.04. The SMILES string of the molecule is C#Cc1ccc(CCCCCCCCCC)cn1. The van der Waals surface area contributed by atoms with Crippen LogP contribution in [0.1, 0.15) is 69.5 Å². The van der Waals surface area contributed by atoms with Gasteiger partial charge in [0.05, 0.1) is 0 Å². The zero-order valence-corrected chi connectivity index (χ0v) is 11.6. The number of rotatable bonds is 9. The normalized spacial score (nSPS) is 10.2. The van der Waals surface area contributed by atoms with Gasteiger partial charge in [-0.05, 0) is 24.5 Å². The molecule has 1 heteroatoms. The molecule has 0 radical (unpaired) electrons. The van der Waals surface area contributed by atoms with Crippen molar-refractivity contribution in [1.82, 2.24) is 4.98 Å². The van der Waals surface area contributed by atoms with E-state index in [-0.39, 0.29) is 0 Å². The molecule has 1 aromatic rings. The van der Waals surface area contributed by atoms with Crippen molar-refractivity contribution in [2.45, 2.75) is 64.7 Å². The number of aryl methyl sites for hydroxylation is 1. The third-order valence-electron chi connectivity index (χ3n) is 3.29. The number of pyridine rings is 1. The van der Waals surface area contributed by atoms with Gasteiger partial charge < -0.3 is 0 Å². The zero-order valence-electron chi connectivity index (χ0n) is 11.6. The minimum absolute atomic E-state index is 0.731. The van der Waals surface area contributed by atoms with Crippen LogP contribution < -0.4 is 0 Å². The fourth-order valence-corrected chi connectivity index (χ4v) is 2.12. The molecule has 1 nitrogen and oxygen atoms in total. The standard InChI is InChI=1S/C17H25N/c1-3-5-6-7-8-9-10-11-12-16-13-14-17(4-2)18-15-16/h2,13-15H,3,5-12H2,1H3. The Bertz CT molecular complexity index is 345. The summed E-state index contributed by atoms with van der Waals surface area (Å²) in [4.78, 5) is 4.21. The van der Waals surface area contributed by atoms with Gasteiger partial charge in [0.25, 0.3) is 0 Å². The van der Waals surface area contributed by atoms with E-state index in [0.29, 0.717) is 0 Å². The first-order valence-electron chi connectivity index (χ1n) is 7.28. The first kappa shape index (κ1) is 14.8. The summed E-state index contributed by atoms with van der Waals surface area (Å²) < 4.78 is 0. The van der Waals surface area contributed by atoms with Gasteiger partial charge >= 0.3 is 0 Å². The second-order valence-corrected chi connectivity index (χ2v) is 4.92. The Balaban J connectivity index is 2.02. The molecule has 0 aliphatic rings. The topological polar surface area (TPSA) is 12.9 Å². The van der Waals surface area contributed by atoms with Crippen LogP contribution in [0.25, 0.3) is 0 Å². The maximum Gasteiger partial charge on any atom is 0.112 e. The van der Waals surface area contributed by atoms with E-state index in [0.717, 1.165) is 12.1 Å². The van der Waals surface area contributed by atoms with Gasteiger partial charge in [-0.3, -0.25) is 0 Å². The molecule has 0 saturated heterocycles. The van der Waals surface area contributed by atoms with Crippen molar-refractivity contribution in [1.29, 1.82) is 0 Å². The van der Waals surface area contributed by atoms with E-state index < -0.39 is 0 Å². The molecule has 0 aromatic carbocycles. The van der Waals surface area contributed by atoms with Crippen molar-refractivity contribution in [2.75, 3.05) is 0 Å². The maximum absolute atomic E-state index is 5.28. The van der Waals surface area contributed by atoms with Crippen LogP contribution in [0.3, 0.4) is 0 Å². The van der Waals surface area contributed by atoms with Gasteiger partial charge in [-0.2, -0.15) is 0 Å². The van der Waals surface area contributed by atoms with Crippen molar-refractivity contribution < 1.29 is 0 Å². The van der Waals surface area contributed by atoms with Crippen LogP contribution in [-0.2, 0) is 6.42 Å². The number of hydrogen-bond donors (Lipinski definition) is 0. The van der Waals surface area contributed by atoms with Crippen molar-refractivity contribution in [3.05, 3.63) is 29.6 Å². The number of nitrogens with zero attached hydrogens (tertiary/aromatic N) is 1. The molecule has 0 amide bonds. The van der Waals surface area contributed by atoms with Crippen LogP contribution in [0.15, 0.2) is 18.3 Å². The molecular weight excluding hydrogens is 218 g/mol. The highest BCUT2D eigenvalue weighted by Crippen LogP contribution is 2.11. The molecule has 0 aliphatic carbocycles. The van der Waals surface area contributed by atoms with Gasteiger partial charge in [-0.15, -0.1) is 6.42 Å². The first-order valence-corrected chi connectivity index (χ1v) is 7.28. The lowest BCUT2D eigenvalue weighted by Gasteiger charge is -2.02. The lowest BCUT2D eigenvalue weighted by molar-refractivity contribution is 0.575. The molecule has 0 fully saturated rings. The van der Waals surface area contributed by atoms with Gasteiger partial charge in [0.15, 0.2) is 0 Å². The summed E-state index contributed by atoms with van der Waals surface area (Å²) in [5.74, 6) is 2.54. The smallest absolute Gasteiger partial charge is 0.112 e. The number of unbranched alkanes of at least 4 members (excludes halogenated alkanes) is 7. The third kappa shape index (κ3) is 6.45. The Morgan fingerprint density at radius 3 is 2.22 bits per heavy atom. The van der Waals surface area contributed by atoms with E-state index in [1.165, 1.54) is 56.9 Å². The molecule has 0 aliphatic heterocycles. The molecule has 0 unspecified atom stereocenters. The summed E-state index contributed by atoms with van der Waals surface area (Å²) in [6.07, 6.45) is 19.2. The van der Waals surface area contributed by atoms with Crippen LogP contribution in [-0.4, -0.2) is 4.98 Å². The number of aromatic nitrogens is 1. The Kier molecular flexibility index (Phi) is 7.97. The Morgan fingerprint density at radius 2 is 1.67 bits per heavy atom. The molecule has 18 heavy (non-hydrogen) atoms. The Labute approximate surface area is 112 Å². The summed E-state index contributed by atoms with van der Waals surface area (Å²) in [5, 5.41) is 0. The van der Waals surface area contributed by atoms with Gasteiger partial charge in [0.2, 0.25) is 0 Å². The molecule has 1 aromatic heterocycles. The molecule has 1 rings (SSSR count). The van der Waals surface area contributed by atoms with Gasteiger partial charge in [0.1, 0.15) is 5.69 Å². The molecule has 0 bridgehead atoms. The van der Waals surface area contributed by atoms with Crippen molar-refractivity contribution in [2.24, 2.45) is 0 Å². The quantitative estimate of drug-likeness (QED) is 0.450. The average molecular weight is 243 g/mol. The average Bonchev–Trinajstić information content (AvgIpc) is 2.42. The summed E-state index contributed by atoms with van der Waals surface area (Å²) in [6, 6.07) is 4.03. The van der Waals surface area contributed by atoms with Crippen LogP contribution in [0, 0.1) is 12.3 Å². The zero-order chi connectivity index (χ0) is 13.1. The van der Waals surface area contributed by atoms with E-state index in [4.69, 9.17) is 6.42 Å². The first-order chi connectivity index (χ1) is 8.86. The maximum atomic E-state index is 5.28. The minimum Gasteiger partial charge on any atom is -0.248 e. The highest BCUT2D eigenvalue weighted by molar-refractivity contribution is 5.26. The van der Waals surface area contributed by atoms with Gasteiger partial charge in [-0.1, -0.05) is 63.9 Å². The highest BCUT2D eigenvalue weighted by Gasteiger charge is 1.95. The molecule has 0 N–H and O–H groups in total. The summed E-state index contributed by atoms with van der Waals surface area (Å²) in [6.45, 7) is 2.26. The van der Waals surface area contributed by atoms with Crippen molar-refractivity contribution in [3.8, 4) is 12.3 Å². The molecule has 0 atom stereocenters. The van der Waals surface area contributed by atoms with E-state index >= 15 is 0 Å². The predicted octanol–water partition coefficient (Wildman–Crippen LogP) is 4.75. The lowest BCUT2D eigenvalue weighted by Crippen LogP contribution is -1.89. The van der Waals surface area contributed by atoms with Crippen LogP contribution in [0.2, 0.25) is 0 Å².